The van der Waals surface area contributed by atoms with Crippen molar-refractivity contribution >= 4 is 35.1 Å². The normalized spacial score (nSPS) is 19.5. The van der Waals surface area contributed by atoms with Gasteiger partial charge in [-0.15, -0.1) is 11.8 Å². The molecule has 2 aliphatic heterocycles. The molecule has 0 bridgehead atoms. The second-order valence-corrected chi connectivity index (χ2v) is 9.27. The van der Waals surface area contributed by atoms with Crippen LogP contribution in [0.4, 0.5) is 20.6 Å². The van der Waals surface area contributed by atoms with Gasteiger partial charge in [0.1, 0.15) is 5.82 Å². The summed E-state index contributed by atoms with van der Waals surface area (Å²) in [5.41, 5.74) is 4.16. The Kier molecular flexibility index (Phi) is 5.13. The summed E-state index contributed by atoms with van der Waals surface area (Å²) in [5, 5.41) is 2.96. The van der Waals surface area contributed by atoms with E-state index in [1.165, 1.54) is 23.9 Å². The average Bonchev–Trinajstić information content (AvgIpc) is 3.33. The Hall–Kier alpha value is -3.32. The van der Waals surface area contributed by atoms with E-state index in [2.05, 4.69) is 5.32 Å². The zero-order chi connectivity index (χ0) is 22.3. The van der Waals surface area contributed by atoms with Crippen LogP contribution < -0.4 is 10.2 Å². The first-order chi connectivity index (χ1) is 15.5. The Morgan fingerprint density at radius 1 is 1.09 bits per heavy atom. The number of nitrogens with one attached hydrogen (secondary N) is 1. The maximum absolute atomic E-state index is 13.9. The number of para-hydroxylation sites is 1. The number of urea groups is 1. The van der Waals surface area contributed by atoms with Gasteiger partial charge in [-0.05, 0) is 48.4 Å². The number of hydrogen-bond donors (Lipinski definition) is 1. The van der Waals surface area contributed by atoms with E-state index in [1.807, 2.05) is 55.5 Å². The van der Waals surface area contributed by atoms with Crippen LogP contribution in [0.3, 0.4) is 0 Å². The third-order valence-electron chi connectivity index (χ3n) is 5.87. The lowest BCUT2D eigenvalue weighted by Gasteiger charge is -2.33. The molecule has 1 atom stereocenters. The quantitative estimate of drug-likeness (QED) is 0.607. The van der Waals surface area contributed by atoms with Gasteiger partial charge in [-0.25, -0.2) is 9.18 Å². The minimum atomic E-state index is -1.11. The molecule has 0 radical (unpaired) electrons. The Morgan fingerprint density at radius 2 is 1.88 bits per heavy atom. The highest BCUT2D eigenvalue weighted by Crippen LogP contribution is 2.54. The van der Waals surface area contributed by atoms with Crippen LogP contribution in [-0.4, -0.2) is 29.1 Å². The summed E-state index contributed by atoms with van der Waals surface area (Å²) >= 11 is 1.48. The van der Waals surface area contributed by atoms with Gasteiger partial charge in [0, 0.05) is 23.5 Å². The highest BCUT2D eigenvalue weighted by Gasteiger charge is 2.59. The van der Waals surface area contributed by atoms with Crippen molar-refractivity contribution in [3.63, 3.8) is 0 Å². The van der Waals surface area contributed by atoms with Crippen molar-refractivity contribution in [2.75, 3.05) is 22.5 Å². The summed E-state index contributed by atoms with van der Waals surface area (Å²) in [6.07, 6.45) is 0. The molecular weight excluding hydrogens is 425 g/mol. The van der Waals surface area contributed by atoms with Crippen molar-refractivity contribution in [2.24, 2.45) is 0 Å². The van der Waals surface area contributed by atoms with Gasteiger partial charge in [-0.3, -0.25) is 9.69 Å². The van der Waals surface area contributed by atoms with E-state index >= 15 is 0 Å². The van der Waals surface area contributed by atoms with Crippen LogP contribution >= 0.6 is 11.8 Å². The Balaban J connectivity index is 1.50. The van der Waals surface area contributed by atoms with Crippen LogP contribution in [0.1, 0.15) is 16.7 Å². The number of fused-ring (bicyclic) bond motifs is 2. The van der Waals surface area contributed by atoms with E-state index in [1.54, 1.807) is 21.9 Å². The van der Waals surface area contributed by atoms with E-state index in [4.69, 9.17) is 0 Å². The topological polar surface area (TPSA) is 52.7 Å². The maximum Gasteiger partial charge on any atom is 0.323 e. The number of nitrogens with zero attached hydrogens (tertiary/aromatic N) is 2. The molecule has 162 valence electrons. The number of benzene rings is 3. The van der Waals surface area contributed by atoms with Gasteiger partial charge in [0.2, 0.25) is 0 Å². The number of halogens is 1. The Morgan fingerprint density at radius 3 is 2.66 bits per heavy atom. The molecule has 0 unspecified atom stereocenters. The molecule has 0 aromatic heterocycles. The lowest BCUT2D eigenvalue weighted by molar-refractivity contribution is -0.123. The Bertz CT molecular complexity index is 1200. The van der Waals surface area contributed by atoms with E-state index in [0.717, 1.165) is 22.4 Å². The van der Waals surface area contributed by atoms with E-state index in [0.29, 0.717) is 24.5 Å². The fourth-order valence-corrected chi connectivity index (χ4v) is 5.87. The van der Waals surface area contributed by atoms with Crippen LogP contribution in [-0.2, 0) is 16.2 Å². The molecular formula is C25H22FN3O2S. The lowest BCUT2D eigenvalue weighted by Crippen LogP contribution is -2.51. The van der Waals surface area contributed by atoms with Crippen molar-refractivity contribution < 1.29 is 14.0 Å². The lowest BCUT2D eigenvalue weighted by atomic mass is 10.1. The summed E-state index contributed by atoms with van der Waals surface area (Å²) in [6, 6.07) is 21.0. The first-order valence-electron chi connectivity index (χ1n) is 10.4. The van der Waals surface area contributed by atoms with Crippen molar-refractivity contribution in [3.8, 4) is 0 Å². The number of rotatable bonds is 3. The summed E-state index contributed by atoms with van der Waals surface area (Å²) in [7, 11) is 0. The molecule has 3 aromatic carbocycles. The molecule has 0 saturated carbocycles. The third-order valence-corrected chi connectivity index (χ3v) is 7.29. The van der Waals surface area contributed by atoms with Crippen LogP contribution in [0.5, 0.6) is 0 Å². The minimum Gasteiger partial charge on any atom is -0.308 e. The minimum absolute atomic E-state index is 0.148. The third kappa shape index (κ3) is 3.33. The summed E-state index contributed by atoms with van der Waals surface area (Å²) in [5.74, 6) is 0.194. The number of anilines is 2. The number of hydrogen-bond acceptors (Lipinski definition) is 3. The molecule has 1 saturated heterocycles. The number of thioether (sulfide) groups is 1. The van der Waals surface area contributed by atoms with Crippen LogP contribution in [0.25, 0.3) is 0 Å². The molecule has 1 N–H and O–H groups in total. The van der Waals surface area contributed by atoms with Crippen LogP contribution in [0, 0.1) is 12.7 Å². The van der Waals surface area contributed by atoms with E-state index in [-0.39, 0.29) is 17.8 Å². The first kappa shape index (κ1) is 20.6. The maximum atomic E-state index is 13.9. The second-order valence-electron chi connectivity index (χ2n) is 7.98. The number of carbonyl (C=O) groups excluding carboxylic acids is 2. The van der Waals surface area contributed by atoms with Crippen molar-refractivity contribution in [3.05, 3.63) is 95.3 Å². The molecule has 3 aromatic rings. The van der Waals surface area contributed by atoms with Gasteiger partial charge >= 0.3 is 6.03 Å². The monoisotopic (exact) mass is 447 g/mol. The molecule has 5 nitrogen and oxygen atoms in total. The number of carbonyl (C=O) groups is 2. The Labute approximate surface area is 190 Å². The molecule has 1 spiro atoms. The number of amides is 3. The van der Waals surface area contributed by atoms with Gasteiger partial charge in [0.25, 0.3) is 5.91 Å². The van der Waals surface area contributed by atoms with Crippen LogP contribution in [0.15, 0.2) is 72.8 Å². The number of aryl methyl sites for hydroxylation is 1. The second kappa shape index (κ2) is 7.98. The van der Waals surface area contributed by atoms with Gasteiger partial charge < -0.3 is 10.2 Å². The molecule has 2 aliphatic rings. The van der Waals surface area contributed by atoms with Crippen molar-refractivity contribution in [1.82, 2.24) is 4.90 Å². The smallest absolute Gasteiger partial charge is 0.308 e. The fraction of sp³-hybridized carbons (Fsp3) is 0.200. The highest BCUT2D eigenvalue weighted by molar-refractivity contribution is 8.01. The largest absolute Gasteiger partial charge is 0.323 e. The molecule has 1 fully saturated rings. The SMILES string of the molecule is Cc1cccc(NC(=O)N2CCS[C@@]23C(=O)N(Cc2ccc(F)cc2)c2ccccc23)c1. The van der Waals surface area contributed by atoms with Crippen LogP contribution in [0.2, 0.25) is 0 Å². The highest BCUT2D eigenvalue weighted by atomic mass is 32.2. The fourth-order valence-electron chi connectivity index (χ4n) is 4.41. The molecule has 2 heterocycles. The van der Waals surface area contributed by atoms with Gasteiger partial charge in [0.05, 0.1) is 12.2 Å². The summed E-state index contributed by atoms with van der Waals surface area (Å²) in [4.78, 5) is 29.5. The zero-order valence-electron chi connectivity index (χ0n) is 17.5. The van der Waals surface area contributed by atoms with E-state index in [9.17, 15) is 14.0 Å². The molecule has 3 amide bonds. The first-order valence-corrected chi connectivity index (χ1v) is 11.4. The molecule has 32 heavy (non-hydrogen) atoms. The van der Waals surface area contributed by atoms with Gasteiger partial charge in [-0.1, -0.05) is 42.5 Å². The van der Waals surface area contributed by atoms with E-state index < -0.39 is 4.87 Å². The zero-order valence-corrected chi connectivity index (χ0v) is 18.4. The predicted molar refractivity (Wildman–Crippen MR) is 125 cm³/mol. The average molecular weight is 448 g/mol. The predicted octanol–water partition coefficient (Wildman–Crippen LogP) is 5.11. The molecule has 5 rings (SSSR count). The molecule has 0 aliphatic carbocycles. The standard InChI is InChI=1S/C25H22FN3O2S/c1-17-5-4-6-20(15-17)27-24(31)29-13-14-32-25(29)21-7-2-3-8-22(21)28(23(25)30)16-18-9-11-19(26)12-10-18/h2-12,15H,13-14,16H2,1H3,(H,27,31)/t25-/m0/s1. The summed E-state index contributed by atoms with van der Waals surface area (Å²) in [6.45, 7) is 2.74. The van der Waals surface area contributed by atoms with Crippen molar-refractivity contribution in [1.29, 1.82) is 0 Å². The van der Waals surface area contributed by atoms with Gasteiger partial charge in [-0.2, -0.15) is 0 Å². The van der Waals surface area contributed by atoms with Gasteiger partial charge in [0.15, 0.2) is 4.87 Å². The molecule has 7 heteroatoms. The summed E-state index contributed by atoms with van der Waals surface area (Å²) < 4.78 is 13.4. The van der Waals surface area contributed by atoms with Crippen molar-refractivity contribution in [2.45, 2.75) is 18.3 Å².